The fraction of sp³-hybridized carbons (Fsp3) is 0.412. The van der Waals surface area contributed by atoms with Gasteiger partial charge in [-0.25, -0.2) is 0 Å². The molecule has 0 fully saturated rings. The first-order valence-electron chi connectivity index (χ1n) is 14.0. The van der Waals surface area contributed by atoms with Gasteiger partial charge in [0.2, 0.25) is 0 Å². The van der Waals surface area contributed by atoms with Gasteiger partial charge in [0.15, 0.2) is 0 Å². The van der Waals surface area contributed by atoms with Crippen LogP contribution in [0.4, 0.5) is 0 Å². The summed E-state index contributed by atoms with van der Waals surface area (Å²) in [6.45, 7) is 2.27. The third kappa shape index (κ3) is 8.07. The Hall–Kier alpha value is -2.89. The van der Waals surface area contributed by atoms with Crippen LogP contribution in [0, 0.1) is 17.4 Å². The van der Waals surface area contributed by atoms with Crippen LogP contribution in [0.15, 0.2) is 91.0 Å². The quantitative estimate of drug-likeness (QED) is 0.155. The molecule has 1 radical (unpaired) electrons. The second kappa shape index (κ2) is 16.0. The van der Waals surface area contributed by atoms with E-state index in [0.717, 1.165) is 18.9 Å². The molecule has 36 heavy (non-hydrogen) atoms. The van der Waals surface area contributed by atoms with Crippen molar-refractivity contribution in [2.24, 2.45) is 0 Å². The highest BCUT2D eigenvalue weighted by molar-refractivity contribution is 5.50. The summed E-state index contributed by atoms with van der Waals surface area (Å²) in [6.07, 6.45) is 14.5. The van der Waals surface area contributed by atoms with Gasteiger partial charge in [-0.2, -0.15) is 5.26 Å². The van der Waals surface area contributed by atoms with E-state index in [4.69, 9.17) is 0 Å². The van der Waals surface area contributed by atoms with Crippen molar-refractivity contribution in [1.82, 2.24) is 5.32 Å². The fourth-order valence-electron chi connectivity index (χ4n) is 5.16. The molecule has 3 aromatic carbocycles. The number of hydrogen-bond donors (Lipinski definition) is 1. The Kier molecular flexibility index (Phi) is 12.3. The average molecular weight is 480 g/mol. The number of nitriles is 1. The zero-order chi connectivity index (χ0) is 25.3. The third-order valence-corrected chi connectivity index (χ3v) is 7.11. The lowest BCUT2D eigenvalue weighted by Crippen LogP contribution is -2.46. The molecule has 3 aromatic rings. The summed E-state index contributed by atoms with van der Waals surface area (Å²) in [4.78, 5) is 0. The summed E-state index contributed by atoms with van der Waals surface area (Å²) in [7, 11) is 0. The normalized spacial score (nSPS) is 11.5. The Labute approximate surface area is 219 Å². The van der Waals surface area contributed by atoms with Gasteiger partial charge in [0.1, 0.15) is 0 Å². The fourth-order valence-corrected chi connectivity index (χ4v) is 5.16. The lowest BCUT2D eigenvalue weighted by atomic mass is 9.76. The second-order valence-electron chi connectivity index (χ2n) is 9.84. The van der Waals surface area contributed by atoms with E-state index in [-0.39, 0.29) is 0 Å². The van der Waals surface area contributed by atoms with Gasteiger partial charge >= 0.3 is 0 Å². The van der Waals surface area contributed by atoms with E-state index < -0.39 is 5.54 Å². The van der Waals surface area contributed by atoms with E-state index in [0.29, 0.717) is 6.42 Å². The molecule has 2 heteroatoms. The molecule has 0 saturated carbocycles. The van der Waals surface area contributed by atoms with Crippen LogP contribution >= 0.6 is 0 Å². The van der Waals surface area contributed by atoms with Gasteiger partial charge in [0.25, 0.3) is 0 Å². The van der Waals surface area contributed by atoms with Crippen LogP contribution < -0.4 is 5.32 Å². The van der Waals surface area contributed by atoms with Gasteiger partial charge in [-0.3, -0.25) is 5.32 Å². The maximum atomic E-state index is 9.70. The van der Waals surface area contributed by atoms with E-state index in [2.05, 4.69) is 109 Å². The molecule has 0 bridgehead atoms. The minimum atomic E-state index is -0.547. The zero-order valence-electron chi connectivity index (χ0n) is 22.1. The van der Waals surface area contributed by atoms with Crippen LogP contribution in [0.2, 0.25) is 0 Å². The summed E-state index contributed by atoms with van der Waals surface area (Å²) < 4.78 is 0. The molecule has 0 saturated heterocycles. The van der Waals surface area contributed by atoms with Crippen molar-refractivity contribution in [3.63, 3.8) is 0 Å². The second-order valence-corrected chi connectivity index (χ2v) is 9.84. The first-order chi connectivity index (χ1) is 17.8. The molecule has 0 aliphatic heterocycles. The van der Waals surface area contributed by atoms with Gasteiger partial charge in [-0.05, 0) is 23.1 Å². The van der Waals surface area contributed by atoms with Crippen molar-refractivity contribution in [3.05, 3.63) is 114 Å². The standard InChI is InChI=1S/C34H43N2/c1-2-3-4-5-6-7-8-9-10-20-27-33(28-29-35)36-34(30-21-14-11-15-22-30,31-23-16-12-17-24-31)32-25-18-13-19-26-32/h11-19,21-26,36H,2-10,20,27-28H2,1H3. The maximum absolute atomic E-state index is 9.70. The summed E-state index contributed by atoms with van der Waals surface area (Å²) in [6, 6.07) is 35.5. The van der Waals surface area contributed by atoms with Crippen LogP contribution in [0.5, 0.6) is 0 Å². The molecule has 0 aliphatic rings. The Morgan fingerprint density at radius 3 is 1.39 bits per heavy atom. The van der Waals surface area contributed by atoms with Crippen molar-refractivity contribution < 1.29 is 0 Å². The first-order valence-corrected chi connectivity index (χ1v) is 14.0. The Balaban J connectivity index is 1.73. The Bertz CT molecular complexity index is 895. The van der Waals surface area contributed by atoms with Crippen molar-refractivity contribution in [3.8, 4) is 6.07 Å². The predicted octanol–water partition coefficient (Wildman–Crippen LogP) is 9.32. The molecule has 0 unspecified atom stereocenters. The number of rotatable bonds is 17. The molecule has 0 spiro atoms. The van der Waals surface area contributed by atoms with E-state index >= 15 is 0 Å². The topological polar surface area (TPSA) is 35.8 Å². The van der Waals surface area contributed by atoms with E-state index in [1.807, 2.05) is 0 Å². The number of nitrogens with one attached hydrogen (secondary N) is 1. The van der Waals surface area contributed by atoms with Crippen LogP contribution in [0.25, 0.3) is 0 Å². The largest absolute Gasteiger partial charge is 0.292 e. The molecule has 3 rings (SSSR count). The number of hydrogen-bond acceptors (Lipinski definition) is 2. The van der Waals surface area contributed by atoms with E-state index in [1.54, 1.807) is 0 Å². The molecular formula is C34H43N2. The van der Waals surface area contributed by atoms with Gasteiger partial charge in [-0.1, -0.05) is 162 Å². The Morgan fingerprint density at radius 1 is 0.611 bits per heavy atom. The van der Waals surface area contributed by atoms with Crippen molar-refractivity contribution in [2.45, 2.75) is 89.5 Å². The molecule has 189 valence electrons. The highest BCUT2D eigenvalue weighted by atomic mass is 15.0. The van der Waals surface area contributed by atoms with Crippen molar-refractivity contribution in [1.29, 1.82) is 5.26 Å². The maximum Gasteiger partial charge on any atom is 0.0953 e. The lowest BCUT2D eigenvalue weighted by molar-refractivity contribution is 0.444. The minimum absolute atomic E-state index is 0.422. The summed E-state index contributed by atoms with van der Waals surface area (Å²) in [5, 5.41) is 13.6. The molecule has 0 atom stereocenters. The molecule has 2 nitrogen and oxygen atoms in total. The van der Waals surface area contributed by atoms with Crippen LogP contribution in [0.3, 0.4) is 0 Å². The van der Waals surface area contributed by atoms with Crippen molar-refractivity contribution in [2.75, 3.05) is 0 Å². The monoisotopic (exact) mass is 479 g/mol. The predicted molar refractivity (Wildman–Crippen MR) is 152 cm³/mol. The number of nitrogens with zero attached hydrogens (tertiary/aromatic N) is 1. The van der Waals surface area contributed by atoms with E-state index in [9.17, 15) is 5.26 Å². The Morgan fingerprint density at radius 2 is 1.00 bits per heavy atom. The number of benzene rings is 3. The molecule has 0 aliphatic carbocycles. The number of unbranched alkanes of at least 4 members (excludes halogenated alkanes) is 9. The third-order valence-electron chi connectivity index (χ3n) is 7.11. The zero-order valence-corrected chi connectivity index (χ0v) is 22.1. The molecule has 1 N–H and O–H groups in total. The van der Waals surface area contributed by atoms with Crippen molar-refractivity contribution >= 4 is 0 Å². The van der Waals surface area contributed by atoms with Crippen LogP contribution in [-0.2, 0) is 5.54 Å². The van der Waals surface area contributed by atoms with Crippen LogP contribution in [-0.4, -0.2) is 0 Å². The summed E-state index contributed by atoms with van der Waals surface area (Å²) in [5.74, 6) is 0. The smallest absolute Gasteiger partial charge is 0.0953 e. The average Bonchev–Trinajstić information content (AvgIpc) is 2.94. The molecule has 0 aromatic heterocycles. The van der Waals surface area contributed by atoms with Gasteiger partial charge in [0.05, 0.1) is 24.1 Å². The van der Waals surface area contributed by atoms with Gasteiger partial charge < -0.3 is 0 Å². The first kappa shape index (κ1) is 27.7. The molecule has 0 heterocycles. The van der Waals surface area contributed by atoms with Crippen LogP contribution in [0.1, 0.15) is 101 Å². The highest BCUT2D eigenvalue weighted by Gasteiger charge is 2.38. The van der Waals surface area contributed by atoms with Gasteiger partial charge in [0, 0.05) is 0 Å². The SMILES string of the molecule is CCCCCCCCCCCC[C](CC#N)NC(c1ccccc1)(c1ccccc1)c1ccccc1. The minimum Gasteiger partial charge on any atom is -0.292 e. The molecular weight excluding hydrogens is 436 g/mol. The molecule has 0 amide bonds. The summed E-state index contributed by atoms with van der Waals surface area (Å²) in [5.41, 5.74) is 3.00. The van der Waals surface area contributed by atoms with E-state index in [1.165, 1.54) is 74.5 Å². The highest BCUT2D eigenvalue weighted by Crippen LogP contribution is 2.39. The lowest BCUT2D eigenvalue weighted by Gasteiger charge is -2.39. The summed E-state index contributed by atoms with van der Waals surface area (Å²) >= 11 is 0. The van der Waals surface area contributed by atoms with Gasteiger partial charge in [-0.15, -0.1) is 0 Å².